The fourth-order valence-corrected chi connectivity index (χ4v) is 7.58. The van der Waals surface area contributed by atoms with E-state index in [4.69, 9.17) is 4.98 Å². The van der Waals surface area contributed by atoms with Gasteiger partial charge in [0.15, 0.2) is 0 Å². The molecule has 0 atom stereocenters. The fourth-order valence-electron chi connectivity index (χ4n) is 7.58. The Kier molecular flexibility index (Phi) is 5.03. The van der Waals surface area contributed by atoms with Crippen LogP contribution in [0, 0.1) is 0 Å². The molecule has 0 aliphatic heterocycles. The van der Waals surface area contributed by atoms with Gasteiger partial charge in [-0.25, -0.2) is 0 Å². The van der Waals surface area contributed by atoms with E-state index in [1.54, 1.807) is 0 Å². The first-order valence-corrected chi connectivity index (χ1v) is 15.5. The van der Waals surface area contributed by atoms with Crippen molar-refractivity contribution in [1.82, 2.24) is 9.55 Å². The Labute approximate surface area is 260 Å². The van der Waals surface area contributed by atoms with Gasteiger partial charge < -0.3 is 4.57 Å². The molecule has 0 bridgehead atoms. The number of nitrogens with zero attached hydrogens (tertiary/aromatic N) is 2. The third kappa shape index (κ3) is 3.48. The molecule has 45 heavy (non-hydrogen) atoms. The summed E-state index contributed by atoms with van der Waals surface area (Å²) >= 11 is 0. The maximum absolute atomic E-state index is 4.84. The lowest BCUT2D eigenvalue weighted by molar-refractivity contribution is 1.17. The predicted molar refractivity (Wildman–Crippen MR) is 189 cm³/mol. The number of rotatable bonds is 3. The fraction of sp³-hybridized carbons (Fsp3) is 0. The number of benzene rings is 7. The van der Waals surface area contributed by atoms with Gasteiger partial charge in [-0.1, -0.05) is 121 Å². The summed E-state index contributed by atoms with van der Waals surface area (Å²) in [6.45, 7) is 0. The molecule has 208 valence electrons. The second-order valence-electron chi connectivity index (χ2n) is 12.0. The van der Waals surface area contributed by atoms with Crippen LogP contribution in [-0.2, 0) is 0 Å². The molecule has 0 saturated carbocycles. The van der Waals surface area contributed by atoms with Crippen LogP contribution in [0.25, 0.3) is 93.7 Å². The first kappa shape index (κ1) is 24.5. The topological polar surface area (TPSA) is 17.8 Å². The second-order valence-corrected chi connectivity index (χ2v) is 12.0. The third-order valence-electron chi connectivity index (χ3n) is 9.59. The van der Waals surface area contributed by atoms with Crippen molar-refractivity contribution in [1.29, 1.82) is 0 Å². The lowest BCUT2D eigenvalue weighted by Gasteiger charge is -2.11. The average Bonchev–Trinajstić information content (AvgIpc) is 3.63. The Balaban J connectivity index is 1.13. The number of pyridine rings is 1. The van der Waals surface area contributed by atoms with Crippen molar-refractivity contribution in [3.63, 3.8) is 0 Å². The number of aromatic nitrogens is 2. The highest BCUT2D eigenvalue weighted by atomic mass is 15.0. The molecule has 0 saturated heterocycles. The van der Waals surface area contributed by atoms with Gasteiger partial charge in [-0.2, -0.15) is 0 Å². The molecule has 0 amide bonds. The zero-order valence-corrected chi connectivity index (χ0v) is 24.4. The smallest absolute Gasteiger partial charge is 0.0730 e. The van der Waals surface area contributed by atoms with Crippen LogP contribution < -0.4 is 0 Å². The van der Waals surface area contributed by atoms with E-state index in [1.165, 1.54) is 77.0 Å². The molecular weight excluding hydrogens is 544 g/mol. The largest absolute Gasteiger partial charge is 0.308 e. The molecule has 2 heterocycles. The molecular formula is C43H26N2. The molecule has 0 spiro atoms. The molecule has 0 radical (unpaired) electrons. The Bertz CT molecular complexity index is 2600. The Morgan fingerprint density at radius 1 is 0.378 bits per heavy atom. The minimum Gasteiger partial charge on any atom is -0.308 e. The van der Waals surface area contributed by atoms with Gasteiger partial charge in [0.2, 0.25) is 0 Å². The van der Waals surface area contributed by atoms with Crippen molar-refractivity contribution in [3.05, 3.63) is 158 Å². The second kappa shape index (κ2) is 9.25. The predicted octanol–water partition coefficient (Wildman–Crippen LogP) is 11.5. The third-order valence-corrected chi connectivity index (χ3v) is 9.59. The Hall–Kier alpha value is -5.99. The molecule has 10 rings (SSSR count). The molecule has 2 nitrogen and oxygen atoms in total. The molecule has 0 unspecified atom stereocenters. The van der Waals surface area contributed by atoms with Gasteiger partial charge in [0.05, 0.1) is 22.7 Å². The van der Waals surface area contributed by atoms with Crippen LogP contribution >= 0.6 is 0 Å². The molecule has 1 aliphatic carbocycles. The summed E-state index contributed by atoms with van der Waals surface area (Å²) in [4.78, 5) is 4.84. The summed E-state index contributed by atoms with van der Waals surface area (Å²) in [5.74, 6) is 0. The number of hydrogen-bond donors (Lipinski definition) is 0. The van der Waals surface area contributed by atoms with E-state index in [0.29, 0.717) is 0 Å². The molecule has 9 aromatic rings. The SMILES string of the molecule is c1ccc(-n2c3ccc(-c4ccc(-c5ccc6c7c(cccc57)-c5ccccc5-6)cc4)cc3c3c4ccccc4ncc32)cc1. The van der Waals surface area contributed by atoms with Crippen molar-refractivity contribution in [2.45, 2.75) is 0 Å². The van der Waals surface area contributed by atoms with E-state index < -0.39 is 0 Å². The summed E-state index contributed by atoms with van der Waals surface area (Å²) in [7, 11) is 0. The van der Waals surface area contributed by atoms with Crippen LogP contribution in [0.5, 0.6) is 0 Å². The lowest BCUT2D eigenvalue weighted by Crippen LogP contribution is -1.93. The lowest BCUT2D eigenvalue weighted by atomic mass is 9.93. The minimum atomic E-state index is 1.01. The maximum Gasteiger partial charge on any atom is 0.0730 e. The molecule has 1 aliphatic rings. The van der Waals surface area contributed by atoms with E-state index in [2.05, 4.69) is 156 Å². The van der Waals surface area contributed by atoms with Crippen LogP contribution in [-0.4, -0.2) is 9.55 Å². The average molecular weight is 571 g/mol. The summed E-state index contributed by atoms with van der Waals surface area (Å²) in [5, 5.41) is 6.33. The maximum atomic E-state index is 4.84. The Morgan fingerprint density at radius 3 is 1.87 bits per heavy atom. The van der Waals surface area contributed by atoms with Crippen molar-refractivity contribution in [3.8, 4) is 50.2 Å². The van der Waals surface area contributed by atoms with Crippen molar-refractivity contribution >= 4 is 43.5 Å². The van der Waals surface area contributed by atoms with Gasteiger partial charge >= 0.3 is 0 Å². The van der Waals surface area contributed by atoms with E-state index >= 15 is 0 Å². The molecule has 2 aromatic heterocycles. The summed E-state index contributed by atoms with van der Waals surface area (Å²) in [6.07, 6.45) is 2.02. The highest BCUT2D eigenvalue weighted by Gasteiger charge is 2.22. The molecule has 0 N–H and O–H groups in total. The van der Waals surface area contributed by atoms with Crippen LogP contribution in [0.15, 0.2) is 158 Å². The normalized spacial score (nSPS) is 12.0. The van der Waals surface area contributed by atoms with Gasteiger partial charge in [-0.05, 0) is 85.6 Å². The van der Waals surface area contributed by atoms with Crippen LogP contribution in [0.2, 0.25) is 0 Å². The van der Waals surface area contributed by atoms with Crippen LogP contribution in [0.4, 0.5) is 0 Å². The van der Waals surface area contributed by atoms with E-state index in [0.717, 1.165) is 16.7 Å². The van der Waals surface area contributed by atoms with Crippen molar-refractivity contribution in [2.24, 2.45) is 0 Å². The van der Waals surface area contributed by atoms with Gasteiger partial charge in [0.25, 0.3) is 0 Å². The van der Waals surface area contributed by atoms with Gasteiger partial charge in [0.1, 0.15) is 0 Å². The zero-order valence-electron chi connectivity index (χ0n) is 24.4. The van der Waals surface area contributed by atoms with Crippen LogP contribution in [0.1, 0.15) is 0 Å². The zero-order chi connectivity index (χ0) is 29.5. The minimum absolute atomic E-state index is 1.01. The van der Waals surface area contributed by atoms with E-state index in [9.17, 15) is 0 Å². The van der Waals surface area contributed by atoms with Gasteiger partial charge in [-0.15, -0.1) is 0 Å². The number of hydrogen-bond acceptors (Lipinski definition) is 1. The van der Waals surface area contributed by atoms with Crippen molar-refractivity contribution < 1.29 is 0 Å². The summed E-state index contributed by atoms with van der Waals surface area (Å²) < 4.78 is 2.34. The monoisotopic (exact) mass is 570 g/mol. The highest BCUT2D eigenvalue weighted by Crippen LogP contribution is 2.49. The Morgan fingerprint density at radius 2 is 1.02 bits per heavy atom. The first-order valence-electron chi connectivity index (χ1n) is 15.5. The summed E-state index contributed by atoms with van der Waals surface area (Å²) in [5.41, 5.74) is 14.7. The standard InChI is InChI=1S/C43H26N2/c1-2-9-30(10-3-1)45-40-24-21-29(25-38(40)43-37-13-6-7-16-39(37)44-26-41(43)45)27-17-19-28(20-18-27)31-22-23-36-33-12-5-4-11-32(33)35-15-8-14-34(31)42(35)36/h1-26H. The number of para-hydroxylation sites is 2. The quantitative estimate of drug-likeness (QED) is 0.207. The molecule has 2 heteroatoms. The van der Waals surface area contributed by atoms with Crippen LogP contribution in [0.3, 0.4) is 0 Å². The van der Waals surface area contributed by atoms with Gasteiger partial charge in [-0.3, -0.25) is 4.98 Å². The van der Waals surface area contributed by atoms with Gasteiger partial charge in [0, 0.05) is 21.8 Å². The van der Waals surface area contributed by atoms with E-state index in [1.807, 2.05) is 6.20 Å². The first-order chi connectivity index (χ1) is 22.3. The summed E-state index contributed by atoms with van der Waals surface area (Å²) in [6, 6.07) is 55.1. The van der Waals surface area contributed by atoms with E-state index in [-0.39, 0.29) is 0 Å². The highest BCUT2D eigenvalue weighted by molar-refractivity contribution is 6.21. The number of fused-ring (bicyclic) bond motifs is 8. The van der Waals surface area contributed by atoms with Crippen molar-refractivity contribution in [2.75, 3.05) is 0 Å². The molecule has 7 aromatic carbocycles. The molecule has 0 fully saturated rings.